The molecule has 0 saturated carbocycles. The highest BCUT2D eigenvalue weighted by atomic mass is 33.1. The first-order valence-electron chi connectivity index (χ1n) is 22.5. The van der Waals surface area contributed by atoms with Crippen LogP contribution in [0, 0.1) is 6.92 Å². The van der Waals surface area contributed by atoms with E-state index in [1.165, 1.54) is 39.6 Å². The third kappa shape index (κ3) is 19.0. The van der Waals surface area contributed by atoms with E-state index in [-0.39, 0.29) is 78.8 Å². The molecule has 0 unspecified atom stereocenters. The molecule has 2 aliphatic rings. The number of hydrogen-bond acceptors (Lipinski definition) is 16. The Morgan fingerprint density at radius 3 is 2.36 bits per heavy atom. The van der Waals surface area contributed by atoms with E-state index in [1.807, 2.05) is 18.2 Å². The van der Waals surface area contributed by atoms with Gasteiger partial charge in [-0.15, -0.1) is 0 Å². The van der Waals surface area contributed by atoms with Crippen LogP contribution in [0.2, 0.25) is 0 Å². The number of aromatic nitrogens is 2. The van der Waals surface area contributed by atoms with Gasteiger partial charge in [0, 0.05) is 66.3 Å². The van der Waals surface area contributed by atoms with Gasteiger partial charge in [0.05, 0.1) is 30.8 Å². The molecular weight excluding hydrogens is 1020 g/mol. The predicted octanol–water partition coefficient (Wildman–Crippen LogP) is -1.54. The summed E-state index contributed by atoms with van der Waals surface area (Å²) in [7, 11) is -2.17. The molecule has 0 aliphatic carbocycles. The summed E-state index contributed by atoms with van der Waals surface area (Å²) < 4.78 is 14.7. The molecule has 4 heterocycles. The molecule has 0 bridgehead atoms. The van der Waals surface area contributed by atoms with E-state index in [1.54, 1.807) is 12.3 Å². The van der Waals surface area contributed by atoms with Gasteiger partial charge < -0.3 is 73.7 Å². The Hall–Kier alpha value is -6.78. The maximum Gasteiger partial charge on any atom is 0.469 e. The number of nitrogens with one attached hydrogen (secondary N) is 6. The van der Waals surface area contributed by atoms with Crippen LogP contribution in [0.1, 0.15) is 72.1 Å². The molecular formula is C43H59N12O15PS2. The van der Waals surface area contributed by atoms with Crippen molar-refractivity contribution in [3.8, 4) is 5.75 Å². The van der Waals surface area contributed by atoms with Crippen LogP contribution in [0.15, 0.2) is 41.7 Å². The van der Waals surface area contributed by atoms with E-state index >= 15 is 0 Å². The molecule has 5 atom stereocenters. The van der Waals surface area contributed by atoms with E-state index < -0.39 is 105 Å². The molecule has 3 aromatic rings. The van der Waals surface area contributed by atoms with Crippen molar-refractivity contribution in [2.75, 3.05) is 31.1 Å². The average molecular weight is 1080 g/mol. The van der Waals surface area contributed by atoms with E-state index in [2.05, 4.69) is 46.1 Å². The first kappa shape index (κ1) is 58.8. The Morgan fingerprint density at radius 2 is 1.67 bits per heavy atom. The summed E-state index contributed by atoms with van der Waals surface area (Å²) in [5.74, 6) is -6.67. The topological polar surface area (TPSA) is 443 Å². The highest BCUT2D eigenvalue weighted by molar-refractivity contribution is 8.76. The first-order valence-corrected chi connectivity index (χ1v) is 26.6. The third-order valence-electron chi connectivity index (χ3n) is 11.1. The molecule has 73 heavy (non-hydrogen) atoms. The second-order valence-electron chi connectivity index (χ2n) is 16.5. The lowest BCUT2D eigenvalue weighted by atomic mass is 10.0. The number of phosphoric ester groups is 1. The number of carboxylic acid groups (broad SMARTS) is 1. The molecule has 27 nitrogen and oxygen atoms in total. The molecule has 30 heteroatoms. The third-order valence-corrected chi connectivity index (χ3v) is 14.0. The molecule has 5 rings (SSSR count). The molecule has 2 saturated heterocycles. The number of aldehydes is 1. The molecule has 2 fully saturated rings. The number of pyridine rings is 1. The zero-order chi connectivity index (χ0) is 53.8. The number of phosphoric acid groups is 1. The number of rotatable bonds is 14. The first-order chi connectivity index (χ1) is 34.6. The molecule has 7 amide bonds. The van der Waals surface area contributed by atoms with Crippen molar-refractivity contribution in [2.24, 2.45) is 22.2 Å². The summed E-state index contributed by atoms with van der Waals surface area (Å²) in [6, 6.07) is 1.07. The molecule has 2 aliphatic heterocycles. The van der Waals surface area contributed by atoms with Crippen LogP contribution in [-0.2, 0) is 60.5 Å². The Morgan fingerprint density at radius 1 is 0.945 bits per heavy atom. The second kappa shape index (κ2) is 28.5. The molecule has 1 aromatic carbocycles. The SMILES string of the molecule is Cc1ncc(COP(=O)(O)O)c(C=O)c1O.NC(=O)[C@@H]1CSSCCC(=O)N[C@@H](CCCCN=C(N)N)C(=O)NCC(=O)N[C@@H](CC(=O)O)C(=O)N[C@@H](Cc2c[nH]c3ccccc23)C(=O)N2CCC[C@H]2C(=O)N1. The number of H-pyrrole nitrogens is 1. The Bertz CT molecular complexity index is 2580. The number of para-hydroxylation sites is 1. The van der Waals surface area contributed by atoms with Crippen molar-refractivity contribution in [3.05, 3.63) is 59.0 Å². The number of primary amides is 1. The van der Waals surface area contributed by atoms with Crippen molar-refractivity contribution in [1.29, 1.82) is 0 Å². The number of guanidine groups is 1. The summed E-state index contributed by atoms with van der Waals surface area (Å²) in [5, 5.41) is 32.6. The van der Waals surface area contributed by atoms with E-state index in [0.29, 0.717) is 31.1 Å². The van der Waals surface area contributed by atoms with E-state index in [4.69, 9.17) is 27.0 Å². The normalized spacial score (nSPS) is 21.0. The molecule has 0 spiro atoms. The van der Waals surface area contributed by atoms with Gasteiger partial charge >= 0.3 is 13.8 Å². The fourth-order valence-electron chi connectivity index (χ4n) is 7.44. The average Bonchev–Trinajstić information content (AvgIpc) is 3.99. The number of aliphatic imine (C=N–C) groups is 1. The minimum absolute atomic E-state index is 0.0195. The lowest BCUT2D eigenvalue weighted by molar-refractivity contribution is -0.143. The van der Waals surface area contributed by atoms with Gasteiger partial charge in [0.1, 0.15) is 36.0 Å². The highest BCUT2D eigenvalue weighted by Crippen LogP contribution is 2.38. The molecule has 0 radical (unpaired) electrons. The van der Waals surface area contributed by atoms with Gasteiger partial charge in [-0.25, -0.2) is 4.57 Å². The second-order valence-corrected chi connectivity index (χ2v) is 20.4. The number of benzene rings is 1. The number of aromatic amines is 1. The van der Waals surface area contributed by atoms with Crippen molar-refractivity contribution in [1.82, 2.24) is 41.5 Å². The maximum atomic E-state index is 14.3. The fraction of sp³-hybridized carbons (Fsp3) is 0.465. The summed E-state index contributed by atoms with van der Waals surface area (Å²) in [6.07, 6.45) is 4.07. The predicted molar refractivity (Wildman–Crippen MR) is 266 cm³/mol. The van der Waals surface area contributed by atoms with Crippen LogP contribution in [0.3, 0.4) is 0 Å². The highest BCUT2D eigenvalue weighted by Gasteiger charge is 2.40. The van der Waals surface area contributed by atoms with E-state index in [0.717, 1.165) is 10.9 Å². The number of hydrogen-bond donors (Lipinski definition) is 13. The zero-order valence-electron chi connectivity index (χ0n) is 39.4. The number of amides is 7. The van der Waals surface area contributed by atoms with Gasteiger partial charge in [0.2, 0.25) is 41.4 Å². The number of carboxylic acids is 1. The molecule has 16 N–H and O–H groups in total. The summed E-state index contributed by atoms with van der Waals surface area (Å²) in [4.78, 5) is 145. The van der Waals surface area contributed by atoms with Crippen molar-refractivity contribution >= 4 is 99.9 Å². The van der Waals surface area contributed by atoms with Gasteiger partial charge in [-0.3, -0.25) is 57.7 Å². The van der Waals surface area contributed by atoms with Crippen LogP contribution >= 0.6 is 29.4 Å². The summed E-state index contributed by atoms with van der Waals surface area (Å²) in [5.41, 5.74) is 18.0. The minimum atomic E-state index is -4.61. The number of fused-ring (bicyclic) bond motifs is 2. The molecule has 2 aromatic heterocycles. The lowest BCUT2D eigenvalue weighted by Crippen LogP contribution is -2.59. The van der Waals surface area contributed by atoms with Crippen molar-refractivity contribution in [2.45, 2.75) is 95.1 Å². The number of aromatic hydroxyl groups is 1. The summed E-state index contributed by atoms with van der Waals surface area (Å²) in [6.45, 7) is 0.762. The zero-order valence-corrected chi connectivity index (χ0v) is 42.0. The number of carbonyl (C=O) groups excluding carboxylic acids is 8. The Kier molecular flexibility index (Phi) is 22.9. The molecule has 398 valence electrons. The van der Waals surface area contributed by atoms with Gasteiger partial charge in [0.25, 0.3) is 0 Å². The fourth-order valence-corrected chi connectivity index (χ4v) is 9.92. The van der Waals surface area contributed by atoms with E-state index in [9.17, 15) is 57.9 Å². The number of unbranched alkanes of at least 4 members (excludes halogenated alkanes) is 1. The van der Waals surface area contributed by atoms with Gasteiger partial charge in [-0.2, -0.15) is 0 Å². The van der Waals surface area contributed by atoms with Crippen LogP contribution in [0.5, 0.6) is 5.75 Å². The standard InChI is InChI=1S/C35H49N11O9S2.C8H10NO6P/c36-30(51)25-18-57-56-13-10-27(47)42-22(8-3-4-11-39-35(37)38)31(52)41-17-28(48)43-23(15-29(49)50)32(53)44-24(14-19-16-40-21-7-2-1-6-20(19)21)34(55)46-12-5-9-26(46)33(54)45-25;1-5-8(11)7(3-10)6(2-9-5)4-15-16(12,13)14/h1-2,6-7,16,22-26,40H,3-5,8-15,17-18H2,(H2,36,51)(H,41,52)(H,42,47)(H,43,48)(H,44,53)(H,45,54)(H,49,50)(H4,37,38,39);2-3,11H,4H2,1H3,(H2,12,13,14)/t22-,23-,24-,25-,26-;/m0./s1. The Balaban J connectivity index is 0.000000613. The minimum Gasteiger partial charge on any atom is -0.505 e. The number of carbonyl (C=O) groups is 9. The lowest BCUT2D eigenvalue weighted by Gasteiger charge is -2.30. The smallest absolute Gasteiger partial charge is 0.469 e. The van der Waals surface area contributed by atoms with Gasteiger partial charge in [-0.05, 0) is 50.7 Å². The van der Waals surface area contributed by atoms with Crippen LogP contribution in [-0.4, -0.2) is 156 Å². The monoisotopic (exact) mass is 1080 g/mol. The van der Waals surface area contributed by atoms with Crippen LogP contribution < -0.4 is 43.8 Å². The van der Waals surface area contributed by atoms with Gasteiger partial charge in [0.15, 0.2) is 12.2 Å². The number of aliphatic carboxylic acids is 1. The maximum absolute atomic E-state index is 14.3. The van der Waals surface area contributed by atoms with Crippen molar-refractivity contribution in [3.63, 3.8) is 0 Å². The van der Waals surface area contributed by atoms with Crippen LogP contribution in [0.25, 0.3) is 10.9 Å². The Labute approximate surface area is 425 Å². The van der Waals surface area contributed by atoms with Gasteiger partial charge in [-0.1, -0.05) is 39.8 Å². The van der Waals surface area contributed by atoms with Crippen molar-refractivity contribution < 1.29 is 72.2 Å². The number of aryl methyl sites for hydroxylation is 1. The largest absolute Gasteiger partial charge is 0.505 e. The summed E-state index contributed by atoms with van der Waals surface area (Å²) >= 11 is 0. The number of nitrogens with zero attached hydrogens (tertiary/aromatic N) is 3. The number of nitrogens with two attached hydrogens (primary N) is 3. The quantitative estimate of drug-likeness (QED) is 0.0217. The van der Waals surface area contributed by atoms with Crippen LogP contribution in [0.4, 0.5) is 0 Å².